The first kappa shape index (κ1) is 18.1. The first-order valence-corrected chi connectivity index (χ1v) is 9.94. The summed E-state index contributed by atoms with van der Waals surface area (Å²) in [6, 6.07) is 5.01. The van der Waals surface area contributed by atoms with Gasteiger partial charge in [-0.15, -0.1) is 11.3 Å². The monoisotopic (exact) mass is 386 g/mol. The number of aryl methyl sites for hydroxylation is 2. The van der Waals surface area contributed by atoms with Crippen LogP contribution in [-0.2, 0) is 25.9 Å². The molecule has 7 heteroatoms. The molecule has 0 aliphatic heterocycles. The fraction of sp³-hybridized carbons (Fsp3) is 0.400. The van der Waals surface area contributed by atoms with Crippen LogP contribution in [0.1, 0.15) is 34.7 Å². The average Bonchev–Trinajstić information content (AvgIpc) is 3.00. The molecule has 4 rings (SSSR count). The topological polar surface area (TPSA) is 64.3 Å². The van der Waals surface area contributed by atoms with Crippen molar-refractivity contribution in [3.63, 3.8) is 0 Å². The second kappa shape index (κ2) is 7.40. The number of methoxy groups -OCH3 is 1. The van der Waals surface area contributed by atoms with Crippen molar-refractivity contribution in [2.45, 2.75) is 38.8 Å². The molecule has 0 atom stereocenters. The molecule has 5 nitrogen and oxygen atoms in total. The molecule has 2 N–H and O–H groups in total. The minimum absolute atomic E-state index is 0.254. The van der Waals surface area contributed by atoms with E-state index in [1.807, 2.05) is 13.1 Å². The maximum absolute atomic E-state index is 13.9. The number of nitrogens with zero attached hydrogens (tertiary/aromatic N) is 3. The second-order valence-electron chi connectivity index (χ2n) is 7.06. The summed E-state index contributed by atoms with van der Waals surface area (Å²) in [7, 11) is 3.43. The summed E-state index contributed by atoms with van der Waals surface area (Å²) in [6.07, 6.45) is 4.64. The van der Waals surface area contributed by atoms with E-state index < -0.39 is 0 Å². The Bertz CT molecular complexity index is 988. The number of aromatic nitrogens is 2. The number of benzene rings is 1. The normalized spacial score (nSPS) is 13.9. The first-order chi connectivity index (χ1) is 13.0. The van der Waals surface area contributed by atoms with Gasteiger partial charge in [0, 0.05) is 11.4 Å². The number of nitrogens with two attached hydrogens (primary N) is 1. The lowest BCUT2D eigenvalue weighted by molar-refractivity contribution is 0.310. The van der Waals surface area contributed by atoms with Gasteiger partial charge >= 0.3 is 0 Å². The number of hydrogen-bond acceptors (Lipinski definition) is 6. The molecule has 0 bridgehead atoms. The highest BCUT2D eigenvalue weighted by atomic mass is 32.1. The van der Waals surface area contributed by atoms with Crippen molar-refractivity contribution in [1.29, 1.82) is 0 Å². The number of anilines is 1. The third kappa shape index (κ3) is 3.61. The van der Waals surface area contributed by atoms with E-state index in [4.69, 9.17) is 15.5 Å². The van der Waals surface area contributed by atoms with E-state index in [0.717, 1.165) is 28.6 Å². The van der Waals surface area contributed by atoms with E-state index in [0.29, 0.717) is 24.7 Å². The molecule has 0 saturated carbocycles. The smallest absolute Gasteiger partial charge is 0.165 e. The Balaban J connectivity index is 1.53. The summed E-state index contributed by atoms with van der Waals surface area (Å²) >= 11 is 1.75. The van der Waals surface area contributed by atoms with Gasteiger partial charge in [-0.1, -0.05) is 6.07 Å². The standard InChI is InChI=1S/C20H23FN4OS/c1-25(10-12-7-8-15(26-2)14(21)9-12)11-17-23-19(22)18-13-5-3-4-6-16(13)27-20(18)24-17/h7-9H,3-6,10-11H2,1-2H3,(H2,22,23,24). The van der Waals surface area contributed by atoms with Crippen molar-refractivity contribution in [3.8, 4) is 5.75 Å². The van der Waals surface area contributed by atoms with Gasteiger partial charge in [0.1, 0.15) is 16.5 Å². The first-order valence-electron chi connectivity index (χ1n) is 9.12. The summed E-state index contributed by atoms with van der Waals surface area (Å²) in [4.78, 5) is 13.8. The van der Waals surface area contributed by atoms with Crippen molar-refractivity contribution >= 4 is 27.4 Å². The Labute approximate surface area is 162 Å². The third-order valence-corrected chi connectivity index (χ3v) is 6.15. The van der Waals surface area contributed by atoms with Gasteiger partial charge in [-0.2, -0.15) is 0 Å². The van der Waals surface area contributed by atoms with Gasteiger partial charge in [-0.05, 0) is 56.0 Å². The number of nitrogen functional groups attached to an aromatic ring is 1. The number of ether oxygens (including phenoxy) is 1. The van der Waals surface area contributed by atoms with Crippen LogP contribution in [0.25, 0.3) is 10.2 Å². The van der Waals surface area contributed by atoms with Crippen LogP contribution in [0.5, 0.6) is 5.75 Å². The minimum Gasteiger partial charge on any atom is -0.494 e. The molecule has 1 aliphatic carbocycles. The van der Waals surface area contributed by atoms with Gasteiger partial charge < -0.3 is 10.5 Å². The van der Waals surface area contributed by atoms with E-state index in [9.17, 15) is 4.39 Å². The summed E-state index contributed by atoms with van der Waals surface area (Å²) in [5.74, 6) is 1.19. The molecule has 0 fully saturated rings. The van der Waals surface area contributed by atoms with Crippen molar-refractivity contribution in [3.05, 3.63) is 45.8 Å². The minimum atomic E-state index is -0.352. The highest BCUT2D eigenvalue weighted by Crippen LogP contribution is 2.37. The van der Waals surface area contributed by atoms with E-state index >= 15 is 0 Å². The highest BCUT2D eigenvalue weighted by molar-refractivity contribution is 7.19. The highest BCUT2D eigenvalue weighted by Gasteiger charge is 2.20. The molecular formula is C20H23FN4OS. The van der Waals surface area contributed by atoms with Gasteiger partial charge in [0.2, 0.25) is 0 Å². The van der Waals surface area contributed by atoms with E-state index in [1.54, 1.807) is 17.4 Å². The Morgan fingerprint density at radius 1 is 1.22 bits per heavy atom. The van der Waals surface area contributed by atoms with Gasteiger partial charge in [0.05, 0.1) is 19.0 Å². The van der Waals surface area contributed by atoms with Crippen LogP contribution < -0.4 is 10.5 Å². The molecular weight excluding hydrogens is 363 g/mol. The second-order valence-corrected chi connectivity index (χ2v) is 8.14. The summed E-state index contributed by atoms with van der Waals surface area (Å²) in [5, 5.41) is 1.05. The number of fused-ring (bicyclic) bond motifs is 3. The van der Waals surface area contributed by atoms with Crippen LogP contribution in [0.15, 0.2) is 18.2 Å². The SMILES string of the molecule is COc1ccc(CN(C)Cc2nc(N)c3c4c(sc3n2)CCCC4)cc1F. The molecule has 1 aromatic carbocycles. The van der Waals surface area contributed by atoms with Crippen LogP contribution in [0.2, 0.25) is 0 Å². The lowest BCUT2D eigenvalue weighted by Gasteiger charge is -2.16. The number of hydrogen-bond donors (Lipinski definition) is 1. The number of thiophene rings is 1. The fourth-order valence-electron chi connectivity index (χ4n) is 3.72. The van der Waals surface area contributed by atoms with Crippen LogP contribution in [-0.4, -0.2) is 29.0 Å². The molecule has 1 aliphatic rings. The number of rotatable bonds is 5. The maximum Gasteiger partial charge on any atom is 0.165 e. The van der Waals surface area contributed by atoms with Gasteiger partial charge in [0.15, 0.2) is 11.6 Å². The van der Waals surface area contributed by atoms with Gasteiger partial charge in [0.25, 0.3) is 0 Å². The van der Waals surface area contributed by atoms with Crippen LogP contribution in [0.3, 0.4) is 0 Å². The van der Waals surface area contributed by atoms with Crippen LogP contribution in [0, 0.1) is 5.82 Å². The summed E-state index contributed by atoms with van der Waals surface area (Å²) in [6.45, 7) is 1.14. The molecule has 0 saturated heterocycles. The lowest BCUT2D eigenvalue weighted by Crippen LogP contribution is -2.19. The predicted molar refractivity (Wildman–Crippen MR) is 107 cm³/mol. The summed E-state index contributed by atoms with van der Waals surface area (Å²) in [5.41, 5.74) is 8.50. The van der Waals surface area contributed by atoms with Crippen molar-refractivity contribution in [2.24, 2.45) is 0 Å². The quantitative estimate of drug-likeness (QED) is 0.720. The zero-order valence-electron chi connectivity index (χ0n) is 15.6. The molecule has 142 valence electrons. The van der Waals surface area contributed by atoms with Crippen LogP contribution >= 0.6 is 11.3 Å². The lowest BCUT2D eigenvalue weighted by atomic mass is 9.97. The molecule has 0 amide bonds. The van der Waals surface area contributed by atoms with E-state index in [-0.39, 0.29) is 11.6 Å². The fourth-order valence-corrected chi connectivity index (χ4v) is 5.01. The Morgan fingerprint density at radius 2 is 2.04 bits per heavy atom. The molecule has 0 radical (unpaired) electrons. The molecule has 0 spiro atoms. The Hall–Kier alpha value is -2.25. The third-order valence-electron chi connectivity index (χ3n) is 4.97. The molecule has 2 heterocycles. The summed E-state index contributed by atoms with van der Waals surface area (Å²) < 4.78 is 18.9. The van der Waals surface area contributed by atoms with E-state index in [2.05, 4.69) is 9.88 Å². The predicted octanol–water partition coefficient (Wildman–Crippen LogP) is 3.93. The van der Waals surface area contributed by atoms with Gasteiger partial charge in [-0.3, -0.25) is 4.90 Å². The van der Waals surface area contributed by atoms with Crippen molar-refractivity contribution in [1.82, 2.24) is 14.9 Å². The van der Waals surface area contributed by atoms with Crippen LogP contribution in [0.4, 0.5) is 10.2 Å². The molecule has 0 unspecified atom stereocenters. The Kier molecular flexibility index (Phi) is 4.97. The molecule has 2 aromatic heterocycles. The molecule has 3 aromatic rings. The largest absolute Gasteiger partial charge is 0.494 e. The van der Waals surface area contributed by atoms with E-state index in [1.165, 1.54) is 36.5 Å². The van der Waals surface area contributed by atoms with Crippen molar-refractivity contribution in [2.75, 3.05) is 19.9 Å². The number of halogens is 1. The maximum atomic E-state index is 13.9. The van der Waals surface area contributed by atoms with Gasteiger partial charge in [-0.25, -0.2) is 14.4 Å². The average molecular weight is 386 g/mol. The van der Waals surface area contributed by atoms with Crippen molar-refractivity contribution < 1.29 is 9.13 Å². The Morgan fingerprint density at radius 3 is 2.81 bits per heavy atom. The zero-order chi connectivity index (χ0) is 19.0. The molecule has 27 heavy (non-hydrogen) atoms. The zero-order valence-corrected chi connectivity index (χ0v) is 16.4.